The lowest BCUT2D eigenvalue weighted by molar-refractivity contribution is 0.111. The first-order chi connectivity index (χ1) is 8.26. The van der Waals surface area contributed by atoms with Crippen molar-refractivity contribution in [2.75, 3.05) is 0 Å². The second-order valence-electron chi connectivity index (χ2n) is 3.57. The summed E-state index contributed by atoms with van der Waals surface area (Å²) in [6.07, 6.45) is 2.41. The highest BCUT2D eigenvalue weighted by atomic mass is 19.1. The first-order valence-corrected chi connectivity index (χ1v) is 5.04. The molecule has 0 spiro atoms. The number of rotatable bonds is 3. The van der Waals surface area contributed by atoms with Crippen LogP contribution in [0.4, 0.5) is 4.39 Å². The topological polar surface area (TPSA) is 45.8 Å². The van der Waals surface area contributed by atoms with Gasteiger partial charge in [0, 0.05) is 11.8 Å². The minimum absolute atomic E-state index is 0.0160. The summed E-state index contributed by atoms with van der Waals surface area (Å²) in [5.41, 5.74) is 0.886. The van der Waals surface area contributed by atoms with Crippen molar-refractivity contribution in [1.82, 2.24) is 4.57 Å². The number of halogens is 1. The lowest BCUT2D eigenvalue weighted by Gasteiger charge is -2.07. The van der Waals surface area contributed by atoms with Crippen LogP contribution in [0.15, 0.2) is 36.5 Å². The second-order valence-corrected chi connectivity index (χ2v) is 3.57. The summed E-state index contributed by atoms with van der Waals surface area (Å²) in [5.74, 6) is -0.527. The number of nitriles is 1. The van der Waals surface area contributed by atoms with Crippen LogP contribution >= 0.6 is 0 Å². The van der Waals surface area contributed by atoms with E-state index in [0.717, 1.165) is 0 Å². The van der Waals surface area contributed by atoms with E-state index in [0.29, 0.717) is 17.5 Å². The number of nitrogens with zero attached hydrogens (tertiary/aromatic N) is 2. The summed E-state index contributed by atoms with van der Waals surface area (Å²) < 4.78 is 15.4. The van der Waals surface area contributed by atoms with Crippen LogP contribution < -0.4 is 0 Å². The van der Waals surface area contributed by atoms with Crippen molar-refractivity contribution in [3.05, 3.63) is 59.2 Å². The molecule has 2 rings (SSSR count). The van der Waals surface area contributed by atoms with Crippen LogP contribution in [-0.4, -0.2) is 10.9 Å². The monoisotopic (exact) mass is 228 g/mol. The summed E-state index contributed by atoms with van der Waals surface area (Å²) in [7, 11) is 0. The van der Waals surface area contributed by atoms with Gasteiger partial charge in [-0.05, 0) is 18.2 Å². The fourth-order valence-corrected chi connectivity index (χ4v) is 1.65. The molecular weight excluding hydrogens is 219 g/mol. The Morgan fingerprint density at radius 2 is 2.18 bits per heavy atom. The SMILES string of the molecule is N#Cc1cccc(Cn2cccc2C=O)c1F. The van der Waals surface area contributed by atoms with Gasteiger partial charge in [-0.2, -0.15) is 5.26 Å². The molecule has 1 aromatic heterocycles. The quantitative estimate of drug-likeness (QED) is 0.757. The summed E-state index contributed by atoms with van der Waals surface area (Å²) in [6, 6.07) is 9.81. The molecule has 4 heteroatoms. The van der Waals surface area contributed by atoms with Crippen molar-refractivity contribution >= 4 is 6.29 Å². The van der Waals surface area contributed by atoms with Crippen molar-refractivity contribution in [3.8, 4) is 6.07 Å². The van der Waals surface area contributed by atoms with Gasteiger partial charge < -0.3 is 4.57 Å². The van der Waals surface area contributed by atoms with Crippen LogP contribution in [0.25, 0.3) is 0 Å². The van der Waals surface area contributed by atoms with E-state index < -0.39 is 5.82 Å². The van der Waals surface area contributed by atoms with E-state index in [4.69, 9.17) is 5.26 Å². The zero-order chi connectivity index (χ0) is 12.3. The Kier molecular flexibility index (Phi) is 3.01. The zero-order valence-electron chi connectivity index (χ0n) is 8.93. The summed E-state index contributed by atoms with van der Waals surface area (Å²) in [6.45, 7) is 0.239. The molecular formula is C13H9FN2O. The molecule has 1 heterocycles. The van der Waals surface area contributed by atoms with Gasteiger partial charge in [0.05, 0.1) is 17.8 Å². The Labute approximate surface area is 97.7 Å². The van der Waals surface area contributed by atoms with Crippen molar-refractivity contribution in [2.45, 2.75) is 6.54 Å². The lowest BCUT2D eigenvalue weighted by atomic mass is 10.1. The Morgan fingerprint density at radius 1 is 1.35 bits per heavy atom. The molecule has 2 aromatic rings. The van der Waals surface area contributed by atoms with Gasteiger partial charge in [0.1, 0.15) is 11.9 Å². The van der Waals surface area contributed by atoms with Gasteiger partial charge in [0.15, 0.2) is 6.29 Å². The summed E-state index contributed by atoms with van der Waals surface area (Å²) >= 11 is 0. The molecule has 0 saturated heterocycles. The lowest BCUT2D eigenvalue weighted by Crippen LogP contribution is -2.05. The third-order valence-electron chi connectivity index (χ3n) is 2.53. The number of benzene rings is 1. The maximum Gasteiger partial charge on any atom is 0.166 e. The Hall–Kier alpha value is -2.41. The smallest absolute Gasteiger partial charge is 0.166 e. The van der Waals surface area contributed by atoms with E-state index >= 15 is 0 Å². The highest BCUT2D eigenvalue weighted by Gasteiger charge is 2.09. The molecule has 0 aliphatic heterocycles. The number of carbonyl (C=O) groups is 1. The van der Waals surface area contributed by atoms with Crippen molar-refractivity contribution in [2.24, 2.45) is 0 Å². The normalized spacial score (nSPS) is 9.88. The van der Waals surface area contributed by atoms with Crippen LogP contribution in [0.1, 0.15) is 21.6 Å². The average molecular weight is 228 g/mol. The average Bonchev–Trinajstić information content (AvgIpc) is 2.79. The van der Waals surface area contributed by atoms with Gasteiger partial charge in [0.25, 0.3) is 0 Å². The molecule has 0 fully saturated rings. The molecule has 0 amide bonds. The molecule has 0 radical (unpaired) electrons. The van der Waals surface area contributed by atoms with Gasteiger partial charge >= 0.3 is 0 Å². The van der Waals surface area contributed by atoms with E-state index in [9.17, 15) is 9.18 Å². The van der Waals surface area contributed by atoms with Crippen LogP contribution in [0.3, 0.4) is 0 Å². The number of hydrogen-bond donors (Lipinski definition) is 0. The second kappa shape index (κ2) is 4.62. The highest BCUT2D eigenvalue weighted by molar-refractivity contribution is 5.72. The van der Waals surface area contributed by atoms with Crippen LogP contribution in [0.2, 0.25) is 0 Å². The molecule has 0 atom stereocenters. The molecule has 0 bridgehead atoms. The molecule has 0 aliphatic carbocycles. The number of aromatic nitrogens is 1. The number of hydrogen-bond acceptors (Lipinski definition) is 2. The fourth-order valence-electron chi connectivity index (χ4n) is 1.65. The Bertz CT molecular complexity index is 596. The molecule has 3 nitrogen and oxygen atoms in total. The maximum atomic E-state index is 13.8. The molecule has 0 N–H and O–H groups in total. The van der Waals surface area contributed by atoms with E-state index in [1.54, 1.807) is 41.1 Å². The van der Waals surface area contributed by atoms with E-state index in [1.807, 2.05) is 0 Å². The first-order valence-electron chi connectivity index (χ1n) is 5.04. The Balaban J connectivity index is 2.37. The van der Waals surface area contributed by atoms with E-state index in [1.165, 1.54) is 6.07 Å². The van der Waals surface area contributed by atoms with Gasteiger partial charge in [-0.15, -0.1) is 0 Å². The number of carbonyl (C=O) groups excluding carboxylic acids is 1. The van der Waals surface area contributed by atoms with Crippen LogP contribution in [-0.2, 0) is 6.54 Å². The third kappa shape index (κ3) is 2.08. The van der Waals surface area contributed by atoms with Crippen LogP contribution in [0.5, 0.6) is 0 Å². The standard InChI is InChI=1S/C13H9FN2O/c14-13-10(7-15)3-1-4-11(13)8-16-6-2-5-12(16)9-17/h1-6,9H,8H2. The highest BCUT2D eigenvalue weighted by Crippen LogP contribution is 2.14. The Morgan fingerprint density at radius 3 is 2.88 bits per heavy atom. The first kappa shape index (κ1) is 11.1. The fraction of sp³-hybridized carbons (Fsp3) is 0.0769. The van der Waals surface area contributed by atoms with Crippen LogP contribution in [0, 0.1) is 17.1 Å². The summed E-state index contributed by atoms with van der Waals surface area (Å²) in [4.78, 5) is 10.7. The molecule has 1 aromatic carbocycles. The van der Waals surface area contributed by atoms with Crippen molar-refractivity contribution in [1.29, 1.82) is 5.26 Å². The minimum atomic E-state index is -0.527. The van der Waals surface area contributed by atoms with Gasteiger partial charge in [-0.1, -0.05) is 12.1 Å². The maximum absolute atomic E-state index is 13.8. The van der Waals surface area contributed by atoms with Crippen molar-refractivity contribution in [3.63, 3.8) is 0 Å². The molecule has 17 heavy (non-hydrogen) atoms. The van der Waals surface area contributed by atoms with E-state index in [-0.39, 0.29) is 12.1 Å². The molecule has 0 unspecified atom stereocenters. The van der Waals surface area contributed by atoms with Crippen molar-refractivity contribution < 1.29 is 9.18 Å². The van der Waals surface area contributed by atoms with Gasteiger partial charge in [0.2, 0.25) is 0 Å². The molecule has 0 saturated carbocycles. The predicted octanol–water partition coefficient (Wildman–Crippen LogP) is 2.36. The number of aldehydes is 1. The van der Waals surface area contributed by atoms with Gasteiger partial charge in [-0.25, -0.2) is 4.39 Å². The van der Waals surface area contributed by atoms with Gasteiger partial charge in [-0.3, -0.25) is 4.79 Å². The molecule has 84 valence electrons. The summed E-state index contributed by atoms with van der Waals surface area (Å²) in [5, 5.41) is 8.72. The van der Waals surface area contributed by atoms with E-state index in [2.05, 4.69) is 0 Å². The predicted molar refractivity (Wildman–Crippen MR) is 60.0 cm³/mol. The largest absolute Gasteiger partial charge is 0.341 e. The zero-order valence-corrected chi connectivity index (χ0v) is 8.93. The minimum Gasteiger partial charge on any atom is -0.341 e. The molecule has 0 aliphatic rings. The third-order valence-corrected chi connectivity index (χ3v) is 2.53.